The van der Waals surface area contributed by atoms with Gasteiger partial charge in [-0.25, -0.2) is 0 Å². The summed E-state index contributed by atoms with van der Waals surface area (Å²) in [5, 5.41) is 9.32. The van der Waals surface area contributed by atoms with Crippen molar-refractivity contribution in [3.05, 3.63) is 0 Å². The lowest BCUT2D eigenvalue weighted by Gasteiger charge is -2.26. The highest BCUT2D eigenvalue weighted by molar-refractivity contribution is 4.78. The molecule has 0 spiro atoms. The number of aliphatic hydroxyl groups is 1. The van der Waals surface area contributed by atoms with Crippen LogP contribution in [0.25, 0.3) is 0 Å². The molecule has 1 N–H and O–H groups in total. The molecule has 1 heterocycles. The number of likely N-dealkylation sites (tertiary alicyclic amines) is 1. The number of nitrogens with zero attached hydrogens (tertiary/aromatic N) is 1. The molecule has 0 aromatic rings. The molecule has 1 saturated heterocycles. The number of rotatable bonds is 3. The summed E-state index contributed by atoms with van der Waals surface area (Å²) in [6.07, 6.45) is 2.01. The van der Waals surface area contributed by atoms with Gasteiger partial charge in [-0.15, -0.1) is 0 Å². The van der Waals surface area contributed by atoms with Crippen LogP contribution in [-0.4, -0.2) is 42.5 Å². The molecule has 0 aromatic heterocycles. The normalized spacial score (nSPS) is 29.2. The molecule has 1 fully saturated rings. The zero-order valence-electron chi connectivity index (χ0n) is 7.29. The smallest absolute Gasteiger partial charge is 0.104 e. The van der Waals surface area contributed by atoms with E-state index in [0.717, 1.165) is 19.6 Å². The Morgan fingerprint density at radius 2 is 2.45 bits per heavy atom. The first kappa shape index (κ1) is 8.97. The number of ether oxygens (including phenoxy) is 1. The molecule has 1 aliphatic heterocycles. The van der Waals surface area contributed by atoms with Crippen molar-refractivity contribution in [3.8, 4) is 0 Å². The van der Waals surface area contributed by atoms with Gasteiger partial charge in [-0.05, 0) is 19.8 Å². The lowest BCUT2D eigenvalue weighted by atomic mass is 10.2. The Kier molecular flexibility index (Phi) is 3.30. The molecule has 3 nitrogen and oxygen atoms in total. The minimum Gasteiger partial charge on any atom is -0.383 e. The van der Waals surface area contributed by atoms with Crippen molar-refractivity contribution >= 4 is 0 Å². The molecule has 1 rings (SSSR count). The van der Waals surface area contributed by atoms with Gasteiger partial charge >= 0.3 is 0 Å². The van der Waals surface area contributed by atoms with Crippen molar-refractivity contribution in [3.63, 3.8) is 0 Å². The molecule has 11 heavy (non-hydrogen) atoms. The van der Waals surface area contributed by atoms with E-state index in [0.29, 0.717) is 6.04 Å². The lowest BCUT2D eigenvalue weighted by molar-refractivity contribution is -0.0113. The second kappa shape index (κ2) is 4.04. The minimum atomic E-state index is -0.322. The van der Waals surface area contributed by atoms with Gasteiger partial charge < -0.3 is 9.84 Å². The zero-order valence-corrected chi connectivity index (χ0v) is 7.29. The first-order valence-corrected chi connectivity index (χ1v) is 4.18. The van der Waals surface area contributed by atoms with E-state index < -0.39 is 0 Å². The van der Waals surface area contributed by atoms with Crippen molar-refractivity contribution in [1.29, 1.82) is 0 Å². The molecule has 0 aromatic carbocycles. The van der Waals surface area contributed by atoms with E-state index in [1.807, 2.05) is 6.92 Å². The van der Waals surface area contributed by atoms with E-state index in [9.17, 15) is 5.11 Å². The summed E-state index contributed by atoms with van der Waals surface area (Å²) in [5.41, 5.74) is 0. The Labute approximate surface area is 68.0 Å². The molecule has 66 valence electrons. The van der Waals surface area contributed by atoms with E-state index in [1.165, 1.54) is 6.42 Å². The molecule has 0 radical (unpaired) electrons. The van der Waals surface area contributed by atoms with Crippen molar-refractivity contribution < 1.29 is 9.84 Å². The first-order chi connectivity index (χ1) is 5.25. The second-order valence-electron chi connectivity index (χ2n) is 3.12. The van der Waals surface area contributed by atoms with Gasteiger partial charge in [0.05, 0.1) is 6.61 Å². The number of hydrogen-bond donors (Lipinski definition) is 1. The van der Waals surface area contributed by atoms with Crippen LogP contribution in [0.15, 0.2) is 0 Å². The lowest BCUT2D eigenvalue weighted by Crippen LogP contribution is -2.39. The molecule has 0 amide bonds. The number of aliphatic hydroxyl groups excluding tert-OH is 1. The van der Waals surface area contributed by atoms with Crippen LogP contribution in [0.5, 0.6) is 0 Å². The third-order valence-electron chi connectivity index (χ3n) is 2.26. The van der Waals surface area contributed by atoms with Crippen molar-refractivity contribution in [2.24, 2.45) is 0 Å². The molecular weight excluding hydrogens is 142 g/mol. The van der Waals surface area contributed by atoms with Gasteiger partial charge in [-0.3, -0.25) is 4.90 Å². The predicted molar refractivity (Wildman–Crippen MR) is 43.3 cm³/mol. The van der Waals surface area contributed by atoms with E-state index in [-0.39, 0.29) is 6.23 Å². The Morgan fingerprint density at radius 1 is 1.73 bits per heavy atom. The Balaban J connectivity index is 2.37. The van der Waals surface area contributed by atoms with Gasteiger partial charge in [0, 0.05) is 19.7 Å². The largest absolute Gasteiger partial charge is 0.383 e. The molecule has 1 aliphatic rings. The molecule has 3 heteroatoms. The average Bonchev–Trinajstić information content (AvgIpc) is 2.36. The monoisotopic (exact) mass is 159 g/mol. The summed E-state index contributed by atoms with van der Waals surface area (Å²) < 4.78 is 5.05. The zero-order chi connectivity index (χ0) is 8.27. The second-order valence-corrected chi connectivity index (χ2v) is 3.12. The van der Waals surface area contributed by atoms with Crippen LogP contribution in [0.1, 0.15) is 19.8 Å². The minimum absolute atomic E-state index is 0.322. The summed E-state index contributed by atoms with van der Waals surface area (Å²) in [7, 11) is 1.71. The molecule has 1 unspecified atom stereocenters. The highest BCUT2D eigenvalue weighted by Gasteiger charge is 2.26. The van der Waals surface area contributed by atoms with Gasteiger partial charge in [0.1, 0.15) is 6.23 Å². The Hall–Kier alpha value is -0.120. The van der Waals surface area contributed by atoms with E-state index in [4.69, 9.17) is 4.74 Å². The number of methoxy groups -OCH3 is 1. The summed E-state index contributed by atoms with van der Waals surface area (Å²) in [5.74, 6) is 0. The SMILES string of the molecule is COC[C@@H]1CCCN1C(C)O. The Bertz CT molecular complexity index is 117. The van der Waals surface area contributed by atoms with Gasteiger partial charge in [0.25, 0.3) is 0 Å². The van der Waals surface area contributed by atoms with Crippen LogP contribution >= 0.6 is 0 Å². The highest BCUT2D eigenvalue weighted by Crippen LogP contribution is 2.18. The van der Waals surface area contributed by atoms with Crippen LogP contribution in [0.4, 0.5) is 0 Å². The van der Waals surface area contributed by atoms with Crippen LogP contribution in [0.2, 0.25) is 0 Å². The predicted octanol–water partition coefficient (Wildman–Crippen LogP) is 0.436. The van der Waals surface area contributed by atoms with E-state index in [2.05, 4.69) is 4.90 Å². The molecular formula is C8H17NO2. The van der Waals surface area contributed by atoms with Gasteiger partial charge in [-0.2, -0.15) is 0 Å². The number of hydrogen-bond acceptors (Lipinski definition) is 3. The maximum atomic E-state index is 9.32. The molecule has 0 saturated carbocycles. The van der Waals surface area contributed by atoms with Crippen LogP contribution in [0, 0.1) is 0 Å². The topological polar surface area (TPSA) is 32.7 Å². The van der Waals surface area contributed by atoms with Gasteiger partial charge in [0.15, 0.2) is 0 Å². The van der Waals surface area contributed by atoms with Gasteiger partial charge in [0.2, 0.25) is 0 Å². The molecule has 0 bridgehead atoms. The van der Waals surface area contributed by atoms with Crippen molar-refractivity contribution in [2.45, 2.75) is 32.0 Å². The van der Waals surface area contributed by atoms with E-state index in [1.54, 1.807) is 7.11 Å². The summed E-state index contributed by atoms with van der Waals surface area (Å²) in [6.45, 7) is 3.56. The third-order valence-corrected chi connectivity index (χ3v) is 2.26. The summed E-state index contributed by atoms with van der Waals surface area (Å²) in [6, 6.07) is 0.431. The van der Waals surface area contributed by atoms with Crippen molar-refractivity contribution in [2.75, 3.05) is 20.3 Å². The molecule has 2 atom stereocenters. The van der Waals surface area contributed by atoms with E-state index >= 15 is 0 Å². The fourth-order valence-electron chi connectivity index (χ4n) is 1.72. The standard InChI is InChI=1S/C8H17NO2/c1-7(10)9-5-3-4-8(9)6-11-2/h7-8,10H,3-6H2,1-2H3/t7?,8-/m0/s1. The molecule has 0 aliphatic carbocycles. The third kappa shape index (κ3) is 2.15. The maximum absolute atomic E-state index is 9.32. The summed E-state index contributed by atoms with van der Waals surface area (Å²) >= 11 is 0. The fraction of sp³-hybridized carbons (Fsp3) is 1.00. The highest BCUT2D eigenvalue weighted by atomic mass is 16.5. The fourth-order valence-corrected chi connectivity index (χ4v) is 1.72. The van der Waals surface area contributed by atoms with Crippen molar-refractivity contribution in [1.82, 2.24) is 4.90 Å². The summed E-state index contributed by atoms with van der Waals surface area (Å²) in [4.78, 5) is 2.09. The van der Waals surface area contributed by atoms with Crippen LogP contribution < -0.4 is 0 Å². The van der Waals surface area contributed by atoms with Gasteiger partial charge in [-0.1, -0.05) is 0 Å². The van der Waals surface area contributed by atoms with Crippen LogP contribution in [0.3, 0.4) is 0 Å². The Morgan fingerprint density at radius 3 is 3.00 bits per heavy atom. The quantitative estimate of drug-likeness (QED) is 0.648. The first-order valence-electron chi connectivity index (χ1n) is 4.18. The average molecular weight is 159 g/mol. The van der Waals surface area contributed by atoms with Crippen LogP contribution in [-0.2, 0) is 4.74 Å². The maximum Gasteiger partial charge on any atom is 0.104 e.